The summed E-state index contributed by atoms with van der Waals surface area (Å²) in [4.78, 5) is 25.8. The molecule has 2 amide bonds. The van der Waals surface area contributed by atoms with Gasteiger partial charge in [0.2, 0.25) is 5.91 Å². The lowest BCUT2D eigenvalue weighted by molar-refractivity contribution is -0.175. The van der Waals surface area contributed by atoms with E-state index in [2.05, 4.69) is 11.9 Å². The number of nitrogens with zero attached hydrogens (tertiary/aromatic N) is 1. The van der Waals surface area contributed by atoms with Gasteiger partial charge in [0.15, 0.2) is 0 Å². The van der Waals surface area contributed by atoms with E-state index in [0.29, 0.717) is 10.8 Å². The molecule has 0 unspecified atom stereocenters. The third kappa shape index (κ3) is 3.33. The maximum absolute atomic E-state index is 13.2. The van der Waals surface area contributed by atoms with Gasteiger partial charge < -0.3 is 10.2 Å². The number of hydrogen-bond donors (Lipinski definition) is 1. The number of rotatable bonds is 4. The lowest BCUT2D eigenvalue weighted by atomic mass is 10.0. The number of carbonyl (C=O) groups is 2. The fourth-order valence-electron chi connectivity index (χ4n) is 3.04. The molecule has 4 nitrogen and oxygen atoms in total. The molecule has 1 saturated heterocycles. The van der Waals surface area contributed by atoms with Crippen LogP contribution < -0.4 is 5.32 Å². The Bertz CT molecular complexity index is 667. The van der Waals surface area contributed by atoms with E-state index in [1.807, 2.05) is 6.07 Å². The van der Waals surface area contributed by atoms with Crippen molar-refractivity contribution in [3.63, 3.8) is 0 Å². The van der Waals surface area contributed by atoms with Gasteiger partial charge in [-0.25, -0.2) is 0 Å². The summed E-state index contributed by atoms with van der Waals surface area (Å²) >= 11 is 1.27. The maximum Gasteiger partial charge on any atom is 0.395 e. The topological polar surface area (TPSA) is 49.4 Å². The molecular weight excluding hydrogens is 341 g/mol. The molecule has 0 aromatic carbocycles. The second-order valence-electron chi connectivity index (χ2n) is 6.16. The van der Waals surface area contributed by atoms with E-state index in [9.17, 15) is 22.8 Å². The summed E-state index contributed by atoms with van der Waals surface area (Å²) in [5, 5.41) is 4.10. The number of hydrogen-bond acceptors (Lipinski definition) is 3. The minimum atomic E-state index is -4.48. The normalized spacial score (nSPS) is 24.0. The molecule has 130 valence electrons. The minimum absolute atomic E-state index is 0.148. The average Bonchev–Trinajstić information content (AvgIpc) is 3.09. The zero-order valence-corrected chi connectivity index (χ0v) is 13.6. The number of alkyl halides is 3. The predicted octanol–water partition coefficient (Wildman–Crippen LogP) is 2.93. The molecule has 2 fully saturated rings. The highest BCUT2D eigenvalue weighted by molar-refractivity contribution is 7.12. The van der Waals surface area contributed by atoms with E-state index >= 15 is 0 Å². The van der Waals surface area contributed by atoms with Gasteiger partial charge >= 0.3 is 6.18 Å². The molecule has 1 N–H and O–H groups in total. The molecule has 24 heavy (non-hydrogen) atoms. The molecule has 1 saturated carbocycles. The molecule has 8 heteroatoms. The number of likely N-dealkylation sites (tertiary alicyclic amines) is 1. The summed E-state index contributed by atoms with van der Waals surface area (Å²) in [5.74, 6) is -2.46. The first-order valence-corrected chi connectivity index (χ1v) is 8.55. The van der Waals surface area contributed by atoms with Crippen molar-refractivity contribution < 1.29 is 22.8 Å². The van der Waals surface area contributed by atoms with Crippen molar-refractivity contribution in [3.8, 4) is 0 Å². The van der Waals surface area contributed by atoms with Crippen LogP contribution in [0, 0.1) is 5.92 Å². The molecule has 1 aromatic heterocycles. The number of halogens is 3. The van der Waals surface area contributed by atoms with E-state index in [4.69, 9.17) is 0 Å². The van der Waals surface area contributed by atoms with E-state index in [1.165, 1.54) is 16.2 Å². The SMILES string of the molecule is C=CC(=O)N[C@@H]1CN(C(=O)c2sccc2C2CC2)C[C@H]1C(F)(F)F. The van der Waals surface area contributed by atoms with Crippen LogP contribution in [0.1, 0.15) is 34.0 Å². The zero-order chi connectivity index (χ0) is 17.5. The van der Waals surface area contributed by atoms with Crippen molar-refractivity contribution in [2.75, 3.05) is 13.1 Å². The largest absolute Gasteiger partial charge is 0.395 e. The standard InChI is InChI=1S/C16H17F3N2O2S/c1-2-13(22)20-12-8-21(7-11(12)16(17,18)19)15(23)14-10(5-6-24-14)9-3-4-9/h2,5-6,9,11-12H,1,3-4,7-8H2,(H,20,22)/t11-,12-/m1/s1. The molecule has 1 aromatic rings. The minimum Gasteiger partial charge on any atom is -0.347 e. The summed E-state index contributed by atoms with van der Waals surface area (Å²) in [6.45, 7) is 2.66. The van der Waals surface area contributed by atoms with Gasteiger partial charge in [-0.1, -0.05) is 6.58 Å². The summed E-state index contributed by atoms with van der Waals surface area (Å²) in [6.07, 6.45) is -1.52. The quantitative estimate of drug-likeness (QED) is 0.842. The Morgan fingerprint density at radius 3 is 2.62 bits per heavy atom. The molecule has 2 atom stereocenters. The number of thiophene rings is 1. The average molecular weight is 358 g/mol. The van der Waals surface area contributed by atoms with Crippen molar-refractivity contribution >= 4 is 23.2 Å². The molecular formula is C16H17F3N2O2S. The summed E-state index contributed by atoms with van der Waals surface area (Å²) in [5.41, 5.74) is 0.937. The number of amides is 2. The van der Waals surface area contributed by atoms with Crippen LogP contribution in [0.4, 0.5) is 13.2 Å². The third-order valence-electron chi connectivity index (χ3n) is 4.45. The highest BCUT2D eigenvalue weighted by Gasteiger charge is 2.51. The maximum atomic E-state index is 13.2. The number of carbonyl (C=O) groups excluding carboxylic acids is 2. The van der Waals surface area contributed by atoms with E-state index in [1.54, 1.807) is 5.38 Å². The third-order valence-corrected chi connectivity index (χ3v) is 5.37. The Hall–Kier alpha value is -1.83. The molecule has 0 spiro atoms. The Labute approximate surface area is 141 Å². The molecule has 1 aliphatic carbocycles. The molecule has 2 aliphatic rings. The molecule has 1 aliphatic heterocycles. The van der Waals surface area contributed by atoms with Gasteiger partial charge in [-0.3, -0.25) is 9.59 Å². The fraction of sp³-hybridized carbons (Fsp3) is 0.500. The van der Waals surface area contributed by atoms with Gasteiger partial charge in [-0.05, 0) is 41.8 Å². The van der Waals surface area contributed by atoms with Crippen LogP contribution in [-0.4, -0.2) is 42.0 Å². The van der Waals surface area contributed by atoms with Crippen LogP contribution in [-0.2, 0) is 4.79 Å². The van der Waals surface area contributed by atoms with Crippen molar-refractivity contribution in [1.29, 1.82) is 0 Å². The van der Waals surface area contributed by atoms with Crippen molar-refractivity contribution in [3.05, 3.63) is 34.5 Å². The van der Waals surface area contributed by atoms with Crippen LogP contribution in [0.3, 0.4) is 0 Å². The van der Waals surface area contributed by atoms with Crippen LogP contribution in [0.25, 0.3) is 0 Å². The van der Waals surface area contributed by atoms with Crippen molar-refractivity contribution in [2.24, 2.45) is 5.92 Å². The Kier molecular flexibility index (Phi) is 4.42. The van der Waals surface area contributed by atoms with E-state index < -0.39 is 30.6 Å². The zero-order valence-electron chi connectivity index (χ0n) is 12.8. The van der Waals surface area contributed by atoms with Gasteiger partial charge in [0.05, 0.1) is 16.8 Å². The van der Waals surface area contributed by atoms with Crippen LogP contribution in [0.2, 0.25) is 0 Å². The monoisotopic (exact) mass is 358 g/mol. The second kappa shape index (κ2) is 6.23. The van der Waals surface area contributed by atoms with Crippen LogP contribution >= 0.6 is 11.3 Å². The van der Waals surface area contributed by atoms with Crippen LogP contribution in [0.15, 0.2) is 24.1 Å². The summed E-state index contributed by atoms with van der Waals surface area (Å²) in [6, 6.07) is 0.730. The first-order chi connectivity index (χ1) is 11.3. The van der Waals surface area contributed by atoms with Gasteiger partial charge in [-0.15, -0.1) is 11.3 Å². The number of nitrogens with one attached hydrogen (secondary N) is 1. The highest BCUT2D eigenvalue weighted by Crippen LogP contribution is 2.44. The lowest BCUT2D eigenvalue weighted by Gasteiger charge is -2.21. The smallest absolute Gasteiger partial charge is 0.347 e. The molecule has 0 radical (unpaired) electrons. The van der Waals surface area contributed by atoms with E-state index in [0.717, 1.165) is 24.5 Å². The lowest BCUT2D eigenvalue weighted by Crippen LogP contribution is -2.44. The van der Waals surface area contributed by atoms with Crippen LogP contribution in [0.5, 0.6) is 0 Å². The van der Waals surface area contributed by atoms with Gasteiger partial charge in [0, 0.05) is 13.1 Å². The predicted molar refractivity (Wildman–Crippen MR) is 83.9 cm³/mol. The summed E-state index contributed by atoms with van der Waals surface area (Å²) in [7, 11) is 0. The Morgan fingerprint density at radius 2 is 2.04 bits per heavy atom. The van der Waals surface area contributed by atoms with Gasteiger partial charge in [0.25, 0.3) is 5.91 Å². The Morgan fingerprint density at radius 1 is 1.33 bits per heavy atom. The van der Waals surface area contributed by atoms with E-state index in [-0.39, 0.29) is 12.5 Å². The van der Waals surface area contributed by atoms with Crippen molar-refractivity contribution in [1.82, 2.24) is 10.2 Å². The van der Waals surface area contributed by atoms with Gasteiger partial charge in [-0.2, -0.15) is 13.2 Å². The molecule has 3 rings (SSSR count). The van der Waals surface area contributed by atoms with Crippen molar-refractivity contribution in [2.45, 2.75) is 31.0 Å². The summed E-state index contributed by atoms with van der Waals surface area (Å²) < 4.78 is 39.7. The van der Waals surface area contributed by atoms with Gasteiger partial charge in [0.1, 0.15) is 0 Å². The highest BCUT2D eigenvalue weighted by atomic mass is 32.1. The molecule has 2 heterocycles. The second-order valence-corrected chi connectivity index (χ2v) is 7.07. The fourth-order valence-corrected chi connectivity index (χ4v) is 3.99. The Balaban J connectivity index is 1.78. The molecule has 0 bridgehead atoms. The first kappa shape index (κ1) is 17.0. The first-order valence-electron chi connectivity index (χ1n) is 7.67.